The molecule has 0 bridgehead atoms. The van der Waals surface area contributed by atoms with Crippen LogP contribution in [0.25, 0.3) is 21.8 Å². The maximum absolute atomic E-state index is 16.2. The SMILES string of the molecule is C.COCCOCCOc1ccc(N(CC(F)Cn2c3ccc(Br)cc3c3cc(Br)ccc32)S(=O)(=O)c2ccc([N+](=O)[O-])cc2)cc1. The number of ether oxygens (including phenoxy) is 3. The van der Waals surface area contributed by atoms with Gasteiger partial charge in [-0.05, 0) is 72.8 Å². The van der Waals surface area contributed by atoms with Crippen molar-refractivity contribution < 1.29 is 31.9 Å². The van der Waals surface area contributed by atoms with E-state index in [1.165, 1.54) is 12.1 Å². The predicted octanol–water partition coefficient (Wildman–Crippen LogP) is 8.14. The average molecular weight is 796 g/mol. The molecule has 1 atom stereocenters. The highest BCUT2D eigenvalue weighted by Gasteiger charge is 2.29. The molecule has 5 aromatic rings. The summed E-state index contributed by atoms with van der Waals surface area (Å²) in [6, 6.07) is 22.3. The fraction of sp³-hybridized carbons (Fsp3) is 0.273. The molecular weight excluding hydrogens is 761 g/mol. The standard InChI is InChI=1S/C32H30Br2FN3O7S.CH4/c1-43-14-15-44-16-17-45-27-8-4-25(5-9-27)37(46(41,42)28-10-6-26(7-11-28)38(39)40)21-24(35)20-36-31-12-2-22(33)18-29(31)30-19-23(34)3-13-32(30)36;/h2-13,18-19,24H,14-17,20-21H2,1H3;1H4. The van der Waals surface area contributed by atoms with Crippen molar-refractivity contribution in [2.75, 3.05) is 44.4 Å². The van der Waals surface area contributed by atoms with Crippen LogP contribution in [0.15, 0.2) is 98.8 Å². The lowest BCUT2D eigenvalue weighted by Crippen LogP contribution is -2.37. The number of halogens is 3. The molecule has 14 heteroatoms. The van der Waals surface area contributed by atoms with Gasteiger partial charge in [0.05, 0.1) is 48.4 Å². The summed E-state index contributed by atoms with van der Waals surface area (Å²) in [4.78, 5) is 10.4. The van der Waals surface area contributed by atoms with E-state index in [9.17, 15) is 18.5 Å². The van der Waals surface area contributed by atoms with Gasteiger partial charge in [0.25, 0.3) is 15.7 Å². The Hall–Kier alpha value is -3.56. The van der Waals surface area contributed by atoms with Crippen molar-refractivity contribution >= 4 is 75.1 Å². The van der Waals surface area contributed by atoms with E-state index < -0.39 is 27.7 Å². The van der Waals surface area contributed by atoms with Crippen LogP contribution in [-0.4, -0.2) is 64.2 Å². The van der Waals surface area contributed by atoms with Crippen LogP contribution in [-0.2, 0) is 26.0 Å². The number of benzene rings is 4. The molecule has 47 heavy (non-hydrogen) atoms. The van der Waals surface area contributed by atoms with Gasteiger partial charge in [0.1, 0.15) is 18.5 Å². The Morgan fingerprint density at radius 2 is 1.45 bits per heavy atom. The Bertz CT molecular complexity index is 1880. The third kappa shape index (κ3) is 8.49. The smallest absolute Gasteiger partial charge is 0.269 e. The Morgan fingerprint density at radius 1 is 0.872 bits per heavy atom. The van der Waals surface area contributed by atoms with Crippen LogP contribution in [0.1, 0.15) is 7.43 Å². The number of non-ortho nitro benzene ring substituents is 1. The molecule has 250 valence electrons. The zero-order chi connectivity index (χ0) is 32.8. The van der Waals surface area contributed by atoms with Crippen LogP contribution in [0.4, 0.5) is 15.8 Å². The molecule has 1 unspecified atom stereocenters. The number of sulfonamides is 1. The number of alkyl halides is 1. The van der Waals surface area contributed by atoms with Crippen LogP contribution < -0.4 is 9.04 Å². The van der Waals surface area contributed by atoms with Gasteiger partial charge >= 0.3 is 0 Å². The fourth-order valence-electron chi connectivity index (χ4n) is 5.06. The number of aromatic nitrogens is 1. The van der Waals surface area contributed by atoms with Gasteiger partial charge in [-0.25, -0.2) is 12.8 Å². The number of fused-ring (bicyclic) bond motifs is 3. The molecule has 4 aromatic carbocycles. The van der Waals surface area contributed by atoms with Crippen LogP contribution in [0, 0.1) is 10.1 Å². The molecule has 0 N–H and O–H groups in total. The Kier molecular flexibility index (Phi) is 12.4. The zero-order valence-electron chi connectivity index (χ0n) is 24.6. The van der Waals surface area contributed by atoms with Gasteiger partial charge in [-0.3, -0.25) is 14.4 Å². The van der Waals surface area contributed by atoms with Crippen LogP contribution >= 0.6 is 31.9 Å². The second-order valence-corrected chi connectivity index (χ2v) is 14.0. The van der Waals surface area contributed by atoms with Crippen molar-refractivity contribution in [1.82, 2.24) is 4.57 Å². The van der Waals surface area contributed by atoms with Crippen molar-refractivity contribution in [2.45, 2.75) is 25.0 Å². The minimum atomic E-state index is -4.33. The van der Waals surface area contributed by atoms with Gasteiger partial charge in [-0.2, -0.15) is 0 Å². The van der Waals surface area contributed by atoms with Crippen LogP contribution in [0.5, 0.6) is 5.75 Å². The summed E-state index contributed by atoms with van der Waals surface area (Å²) in [5.74, 6) is 0.478. The van der Waals surface area contributed by atoms with E-state index in [2.05, 4.69) is 31.9 Å². The highest BCUT2D eigenvalue weighted by atomic mass is 79.9. The minimum Gasteiger partial charge on any atom is -0.491 e. The molecule has 10 nitrogen and oxygen atoms in total. The highest BCUT2D eigenvalue weighted by molar-refractivity contribution is 9.10. The normalized spacial score (nSPS) is 12.2. The van der Waals surface area contributed by atoms with Crippen molar-refractivity contribution in [3.8, 4) is 5.75 Å². The lowest BCUT2D eigenvalue weighted by Gasteiger charge is -2.27. The molecular formula is C33H34Br2FN3O7S. The first-order valence-electron chi connectivity index (χ1n) is 14.2. The maximum Gasteiger partial charge on any atom is 0.269 e. The third-order valence-electron chi connectivity index (χ3n) is 7.22. The molecule has 1 aromatic heterocycles. The van der Waals surface area contributed by atoms with Gasteiger partial charge < -0.3 is 18.8 Å². The van der Waals surface area contributed by atoms with Gasteiger partial charge in [0.2, 0.25) is 0 Å². The molecule has 1 heterocycles. The summed E-state index contributed by atoms with van der Waals surface area (Å²) in [6.45, 7) is 0.872. The number of nitro groups is 1. The first kappa shape index (κ1) is 36.3. The monoisotopic (exact) mass is 793 g/mol. The lowest BCUT2D eigenvalue weighted by atomic mass is 10.2. The summed E-state index contributed by atoms with van der Waals surface area (Å²) in [6.07, 6.45) is -1.64. The number of methoxy groups -OCH3 is 1. The van der Waals surface area contributed by atoms with Gasteiger partial charge in [0, 0.05) is 50.0 Å². The summed E-state index contributed by atoms with van der Waals surface area (Å²) in [5.41, 5.74) is 1.55. The maximum atomic E-state index is 16.2. The highest BCUT2D eigenvalue weighted by Crippen LogP contribution is 2.34. The number of nitro benzene ring substituents is 1. The molecule has 0 spiro atoms. The summed E-state index contributed by atoms with van der Waals surface area (Å²) < 4.78 is 64.7. The predicted molar refractivity (Wildman–Crippen MR) is 189 cm³/mol. The van der Waals surface area contributed by atoms with E-state index in [-0.39, 0.29) is 36.8 Å². The quantitative estimate of drug-likeness (QED) is 0.0598. The largest absolute Gasteiger partial charge is 0.491 e. The third-order valence-corrected chi connectivity index (χ3v) is 10.0. The minimum absolute atomic E-state index is 0. The number of hydrogen-bond acceptors (Lipinski definition) is 7. The molecule has 0 fully saturated rings. The Balaban J connectivity index is 0.00000500. The van der Waals surface area contributed by atoms with E-state index in [1.54, 1.807) is 19.2 Å². The first-order valence-corrected chi connectivity index (χ1v) is 17.2. The first-order chi connectivity index (χ1) is 22.1. The molecule has 0 aliphatic carbocycles. The lowest BCUT2D eigenvalue weighted by molar-refractivity contribution is -0.384. The van der Waals surface area contributed by atoms with Crippen LogP contribution in [0.3, 0.4) is 0 Å². The van der Waals surface area contributed by atoms with Crippen molar-refractivity contribution in [1.29, 1.82) is 0 Å². The number of hydrogen-bond donors (Lipinski definition) is 0. The fourth-order valence-corrected chi connectivity index (χ4v) is 7.28. The summed E-state index contributed by atoms with van der Waals surface area (Å²) in [7, 11) is -2.75. The van der Waals surface area contributed by atoms with Crippen molar-refractivity contribution in [2.24, 2.45) is 0 Å². The number of anilines is 1. The van der Waals surface area contributed by atoms with E-state index in [4.69, 9.17) is 14.2 Å². The van der Waals surface area contributed by atoms with E-state index >= 15 is 4.39 Å². The average Bonchev–Trinajstić information content (AvgIpc) is 3.33. The summed E-state index contributed by atoms with van der Waals surface area (Å²) in [5, 5.41) is 13.0. The summed E-state index contributed by atoms with van der Waals surface area (Å²) >= 11 is 7.04. The molecule has 0 aliphatic rings. The van der Waals surface area contributed by atoms with Crippen molar-refractivity contribution in [3.63, 3.8) is 0 Å². The molecule has 0 saturated heterocycles. The molecule has 0 aliphatic heterocycles. The second kappa shape index (κ2) is 16.0. The number of nitrogens with zero attached hydrogens (tertiary/aromatic N) is 3. The van der Waals surface area contributed by atoms with E-state index in [1.807, 2.05) is 41.0 Å². The number of rotatable bonds is 15. The van der Waals surface area contributed by atoms with Gasteiger partial charge in [0.15, 0.2) is 0 Å². The van der Waals surface area contributed by atoms with Gasteiger partial charge in [-0.15, -0.1) is 0 Å². The van der Waals surface area contributed by atoms with E-state index in [0.717, 1.165) is 59.3 Å². The molecule has 0 amide bonds. The molecule has 5 rings (SSSR count). The van der Waals surface area contributed by atoms with Crippen LogP contribution in [0.2, 0.25) is 0 Å². The molecule has 0 saturated carbocycles. The second-order valence-electron chi connectivity index (χ2n) is 10.3. The van der Waals surface area contributed by atoms with Gasteiger partial charge in [-0.1, -0.05) is 39.3 Å². The Morgan fingerprint density at radius 3 is 2.00 bits per heavy atom. The molecule has 0 radical (unpaired) electrons. The Labute approximate surface area is 289 Å². The zero-order valence-corrected chi connectivity index (χ0v) is 28.6. The van der Waals surface area contributed by atoms with Crippen molar-refractivity contribution in [3.05, 3.63) is 104 Å². The van der Waals surface area contributed by atoms with E-state index in [0.29, 0.717) is 25.6 Å². The topological polar surface area (TPSA) is 113 Å².